The first-order chi connectivity index (χ1) is 13.2. The number of hydrogen-bond donors (Lipinski definition) is 1. The highest BCUT2D eigenvalue weighted by molar-refractivity contribution is 6.00. The summed E-state index contributed by atoms with van der Waals surface area (Å²) in [6.07, 6.45) is 2.82. The zero-order chi connectivity index (χ0) is 18.8. The van der Waals surface area contributed by atoms with Crippen LogP contribution >= 0.6 is 12.4 Å². The Hall–Kier alpha value is -2.63. The molecule has 28 heavy (non-hydrogen) atoms. The van der Waals surface area contributed by atoms with Crippen molar-refractivity contribution in [2.75, 3.05) is 19.6 Å². The Morgan fingerprint density at radius 2 is 1.86 bits per heavy atom. The fourth-order valence-electron chi connectivity index (χ4n) is 3.55. The van der Waals surface area contributed by atoms with Crippen molar-refractivity contribution in [3.8, 4) is 16.9 Å². The average molecular weight is 397 g/mol. The molecule has 1 amide bonds. The smallest absolute Gasteiger partial charge is 0.257 e. The molecule has 0 aliphatic carbocycles. The second kappa shape index (κ2) is 8.59. The summed E-state index contributed by atoms with van der Waals surface area (Å²) in [5.41, 5.74) is 10.2. The lowest BCUT2D eigenvalue weighted by molar-refractivity contribution is 0.0788. The molecule has 4 rings (SSSR count). The number of amides is 1. The first kappa shape index (κ1) is 20.1. The largest absolute Gasteiger partial charge is 0.338 e. The first-order valence-corrected chi connectivity index (χ1v) is 9.37. The summed E-state index contributed by atoms with van der Waals surface area (Å²) in [4.78, 5) is 15.1. The van der Waals surface area contributed by atoms with Gasteiger partial charge in [-0.1, -0.05) is 48.0 Å². The van der Waals surface area contributed by atoms with Gasteiger partial charge in [0.05, 0.1) is 11.3 Å². The number of carbonyl (C=O) groups is 1. The highest BCUT2D eigenvalue weighted by Gasteiger charge is 2.29. The van der Waals surface area contributed by atoms with E-state index < -0.39 is 0 Å². The van der Waals surface area contributed by atoms with Crippen LogP contribution in [0.1, 0.15) is 22.3 Å². The van der Waals surface area contributed by atoms with E-state index in [0.717, 1.165) is 36.5 Å². The second-order valence-electron chi connectivity index (χ2n) is 7.18. The Morgan fingerprint density at radius 1 is 1.14 bits per heavy atom. The minimum atomic E-state index is 0. The molecular formula is C22H25ClN4O. The van der Waals surface area contributed by atoms with Gasteiger partial charge in [-0.15, -0.1) is 12.4 Å². The van der Waals surface area contributed by atoms with E-state index in [9.17, 15) is 4.79 Å². The third-order valence-corrected chi connectivity index (χ3v) is 5.20. The minimum absolute atomic E-state index is 0. The Bertz CT molecular complexity index is 937. The number of rotatable bonds is 4. The lowest BCUT2D eigenvalue weighted by Gasteiger charge is -2.16. The fourth-order valence-corrected chi connectivity index (χ4v) is 3.55. The van der Waals surface area contributed by atoms with Crippen molar-refractivity contribution < 1.29 is 4.79 Å². The van der Waals surface area contributed by atoms with E-state index in [1.54, 1.807) is 4.68 Å². The van der Waals surface area contributed by atoms with E-state index in [0.29, 0.717) is 18.0 Å². The summed E-state index contributed by atoms with van der Waals surface area (Å²) < 4.78 is 1.80. The van der Waals surface area contributed by atoms with Crippen molar-refractivity contribution in [2.24, 2.45) is 11.7 Å². The summed E-state index contributed by atoms with van der Waals surface area (Å²) >= 11 is 0. The molecule has 1 aliphatic heterocycles. The van der Waals surface area contributed by atoms with Crippen LogP contribution in [0.15, 0.2) is 60.8 Å². The SMILES string of the molecule is Cc1ccc(-n2cc(C(=O)N3CCC(CN)C3)c(-c3ccccc3)n2)cc1.Cl. The van der Waals surface area contributed by atoms with Crippen molar-refractivity contribution in [3.05, 3.63) is 71.9 Å². The quantitative estimate of drug-likeness (QED) is 0.731. The lowest BCUT2D eigenvalue weighted by Crippen LogP contribution is -2.30. The zero-order valence-corrected chi connectivity index (χ0v) is 16.7. The molecule has 0 spiro atoms. The molecule has 2 aromatic carbocycles. The average Bonchev–Trinajstić information content (AvgIpc) is 3.36. The summed E-state index contributed by atoms with van der Waals surface area (Å²) in [5, 5.41) is 4.76. The Balaban J connectivity index is 0.00000225. The van der Waals surface area contributed by atoms with Gasteiger partial charge in [0, 0.05) is 24.8 Å². The summed E-state index contributed by atoms with van der Waals surface area (Å²) in [5.74, 6) is 0.421. The van der Waals surface area contributed by atoms with Gasteiger partial charge in [0.2, 0.25) is 0 Å². The van der Waals surface area contributed by atoms with Gasteiger partial charge < -0.3 is 10.6 Å². The third kappa shape index (κ3) is 3.96. The van der Waals surface area contributed by atoms with Crippen molar-refractivity contribution in [2.45, 2.75) is 13.3 Å². The molecule has 2 heterocycles. The molecule has 1 saturated heterocycles. The molecule has 6 heteroatoms. The van der Waals surface area contributed by atoms with Crippen LogP contribution in [0.3, 0.4) is 0 Å². The standard InChI is InChI=1S/C22H24N4O.ClH/c1-16-7-9-19(10-8-16)26-15-20(21(24-26)18-5-3-2-4-6-18)22(27)25-12-11-17(13-23)14-25;/h2-10,15,17H,11-14,23H2,1H3;1H. The molecule has 0 saturated carbocycles. The van der Waals surface area contributed by atoms with Gasteiger partial charge in [-0.2, -0.15) is 5.10 Å². The molecule has 1 unspecified atom stereocenters. The van der Waals surface area contributed by atoms with Crippen LogP contribution in [0.4, 0.5) is 0 Å². The van der Waals surface area contributed by atoms with E-state index in [2.05, 4.69) is 6.92 Å². The van der Waals surface area contributed by atoms with Gasteiger partial charge in [-0.25, -0.2) is 4.68 Å². The molecule has 0 bridgehead atoms. The number of halogens is 1. The molecular weight excluding hydrogens is 372 g/mol. The number of likely N-dealkylation sites (tertiary alicyclic amines) is 1. The molecule has 1 fully saturated rings. The Morgan fingerprint density at radius 3 is 2.50 bits per heavy atom. The van der Waals surface area contributed by atoms with Gasteiger partial charge in [0.15, 0.2) is 0 Å². The lowest BCUT2D eigenvalue weighted by atomic mass is 10.1. The molecule has 1 aromatic heterocycles. The zero-order valence-electron chi connectivity index (χ0n) is 15.9. The Kier molecular flexibility index (Phi) is 6.17. The van der Waals surface area contributed by atoms with Gasteiger partial charge in [0.25, 0.3) is 5.91 Å². The number of nitrogens with zero attached hydrogens (tertiary/aromatic N) is 3. The van der Waals surface area contributed by atoms with E-state index in [1.165, 1.54) is 5.56 Å². The van der Waals surface area contributed by atoms with Crippen molar-refractivity contribution in [1.29, 1.82) is 0 Å². The summed E-state index contributed by atoms with van der Waals surface area (Å²) in [7, 11) is 0. The van der Waals surface area contributed by atoms with Crippen LogP contribution in [-0.4, -0.2) is 40.2 Å². The van der Waals surface area contributed by atoms with Crippen LogP contribution in [0, 0.1) is 12.8 Å². The van der Waals surface area contributed by atoms with Crippen LogP contribution in [-0.2, 0) is 0 Å². The topological polar surface area (TPSA) is 64.2 Å². The maximum absolute atomic E-state index is 13.2. The number of carbonyl (C=O) groups excluding carboxylic acids is 1. The molecule has 0 radical (unpaired) electrons. The minimum Gasteiger partial charge on any atom is -0.338 e. The van der Waals surface area contributed by atoms with Crippen LogP contribution < -0.4 is 5.73 Å². The number of nitrogens with two attached hydrogens (primary N) is 1. The van der Waals surface area contributed by atoms with Crippen molar-refractivity contribution >= 4 is 18.3 Å². The first-order valence-electron chi connectivity index (χ1n) is 9.37. The fraction of sp³-hybridized carbons (Fsp3) is 0.273. The third-order valence-electron chi connectivity index (χ3n) is 5.20. The molecule has 1 aliphatic rings. The van der Waals surface area contributed by atoms with E-state index in [1.807, 2.05) is 65.7 Å². The van der Waals surface area contributed by atoms with Crippen LogP contribution in [0.5, 0.6) is 0 Å². The van der Waals surface area contributed by atoms with E-state index >= 15 is 0 Å². The van der Waals surface area contributed by atoms with E-state index in [4.69, 9.17) is 10.8 Å². The molecule has 146 valence electrons. The maximum atomic E-state index is 13.2. The molecule has 3 aromatic rings. The van der Waals surface area contributed by atoms with E-state index in [-0.39, 0.29) is 18.3 Å². The monoisotopic (exact) mass is 396 g/mol. The number of aromatic nitrogens is 2. The second-order valence-corrected chi connectivity index (χ2v) is 7.18. The molecule has 2 N–H and O–H groups in total. The van der Waals surface area contributed by atoms with Gasteiger partial charge in [-0.3, -0.25) is 4.79 Å². The predicted molar refractivity (Wildman–Crippen MR) is 114 cm³/mol. The van der Waals surface area contributed by atoms with Crippen LogP contribution in [0.25, 0.3) is 16.9 Å². The number of hydrogen-bond acceptors (Lipinski definition) is 3. The molecule has 5 nitrogen and oxygen atoms in total. The number of benzene rings is 2. The van der Waals surface area contributed by atoms with Gasteiger partial charge in [0.1, 0.15) is 5.69 Å². The van der Waals surface area contributed by atoms with Crippen molar-refractivity contribution in [1.82, 2.24) is 14.7 Å². The predicted octanol–water partition coefficient (Wildman–Crippen LogP) is 3.69. The van der Waals surface area contributed by atoms with Crippen LogP contribution in [0.2, 0.25) is 0 Å². The highest BCUT2D eigenvalue weighted by atomic mass is 35.5. The normalized spacial score (nSPS) is 16.1. The highest BCUT2D eigenvalue weighted by Crippen LogP contribution is 2.27. The Labute approximate surface area is 171 Å². The summed E-state index contributed by atoms with van der Waals surface area (Å²) in [6.45, 7) is 4.15. The van der Waals surface area contributed by atoms with Gasteiger partial charge >= 0.3 is 0 Å². The number of aryl methyl sites for hydroxylation is 1. The maximum Gasteiger partial charge on any atom is 0.257 e. The van der Waals surface area contributed by atoms with Gasteiger partial charge in [-0.05, 0) is 37.9 Å². The molecule has 1 atom stereocenters. The summed E-state index contributed by atoms with van der Waals surface area (Å²) in [6, 6.07) is 18.0. The van der Waals surface area contributed by atoms with Crippen molar-refractivity contribution in [3.63, 3.8) is 0 Å².